The van der Waals surface area contributed by atoms with Crippen LogP contribution in [0.15, 0.2) is 36.4 Å². The number of hydrogen-bond acceptors (Lipinski definition) is 3. The van der Waals surface area contributed by atoms with Gasteiger partial charge in [-0.2, -0.15) is 5.26 Å². The highest BCUT2D eigenvalue weighted by Crippen LogP contribution is 2.32. The zero-order valence-electron chi connectivity index (χ0n) is 12.1. The van der Waals surface area contributed by atoms with Gasteiger partial charge in [-0.3, -0.25) is 0 Å². The van der Waals surface area contributed by atoms with Crippen LogP contribution in [0.5, 0.6) is 0 Å². The van der Waals surface area contributed by atoms with E-state index in [-0.39, 0.29) is 12.6 Å². The van der Waals surface area contributed by atoms with Gasteiger partial charge in [-0.1, -0.05) is 37.1 Å². The van der Waals surface area contributed by atoms with Crippen molar-refractivity contribution >= 4 is 16.5 Å². The van der Waals surface area contributed by atoms with Gasteiger partial charge < -0.3 is 10.0 Å². The van der Waals surface area contributed by atoms with Gasteiger partial charge in [0, 0.05) is 23.0 Å². The summed E-state index contributed by atoms with van der Waals surface area (Å²) in [5, 5.41) is 21.1. The molecule has 0 aliphatic carbocycles. The molecule has 108 valence electrons. The lowest BCUT2D eigenvalue weighted by atomic mass is 10.0. The standard InChI is InChI=1S/C18H20N2O/c19-12-14-9-10-18(17-8-4-3-7-16(14)17)20-11-5-1-2-6-15(20)13-21/h3-4,7-10,15,21H,1-2,5-6,11,13H2. The van der Waals surface area contributed by atoms with E-state index < -0.39 is 0 Å². The largest absolute Gasteiger partial charge is 0.394 e. The minimum atomic E-state index is 0.184. The van der Waals surface area contributed by atoms with Crippen molar-refractivity contribution in [3.8, 4) is 6.07 Å². The molecule has 1 aliphatic rings. The molecule has 2 aromatic rings. The van der Waals surface area contributed by atoms with Crippen LogP contribution in [0.4, 0.5) is 5.69 Å². The molecular formula is C18H20N2O. The first-order valence-corrected chi connectivity index (χ1v) is 7.64. The summed E-state index contributed by atoms with van der Waals surface area (Å²) in [5.74, 6) is 0. The molecule has 0 amide bonds. The lowest BCUT2D eigenvalue weighted by Crippen LogP contribution is -2.37. The Kier molecular flexibility index (Phi) is 4.08. The highest BCUT2D eigenvalue weighted by Gasteiger charge is 2.22. The van der Waals surface area contributed by atoms with E-state index in [2.05, 4.69) is 17.0 Å². The summed E-state index contributed by atoms with van der Waals surface area (Å²) in [6.07, 6.45) is 4.59. The molecule has 1 saturated heterocycles. The fourth-order valence-corrected chi connectivity index (χ4v) is 3.32. The van der Waals surface area contributed by atoms with E-state index in [1.807, 2.05) is 30.3 Å². The molecule has 3 nitrogen and oxygen atoms in total. The molecule has 2 aromatic carbocycles. The molecule has 1 atom stereocenters. The van der Waals surface area contributed by atoms with Gasteiger partial charge in [0.2, 0.25) is 0 Å². The van der Waals surface area contributed by atoms with E-state index in [0.717, 1.165) is 35.8 Å². The molecule has 21 heavy (non-hydrogen) atoms. The van der Waals surface area contributed by atoms with Crippen molar-refractivity contribution < 1.29 is 5.11 Å². The first-order valence-electron chi connectivity index (χ1n) is 7.64. The maximum absolute atomic E-state index is 9.73. The average molecular weight is 280 g/mol. The van der Waals surface area contributed by atoms with Crippen LogP contribution in [0.25, 0.3) is 10.8 Å². The fourth-order valence-electron chi connectivity index (χ4n) is 3.32. The van der Waals surface area contributed by atoms with E-state index in [1.165, 1.54) is 12.8 Å². The number of benzene rings is 2. The molecule has 1 unspecified atom stereocenters. The highest BCUT2D eigenvalue weighted by molar-refractivity contribution is 5.98. The molecule has 0 spiro atoms. The van der Waals surface area contributed by atoms with Crippen molar-refractivity contribution in [1.29, 1.82) is 5.26 Å². The number of nitriles is 1. The third kappa shape index (κ3) is 2.59. The monoisotopic (exact) mass is 280 g/mol. The number of nitrogens with zero attached hydrogens (tertiary/aromatic N) is 2. The molecule has 1 heterocycles. The van der Waals surface area contributed by atoms with Crippen molar-refractivity contribution in [3.63, 3.8) is 0 Å². The smallest absolute Gasteiger partial charge is 0.0998 e. The highest BCUT2D eigenvalue weighted by atomic mass is 16.3. The van der Waals surface area contributed by atoms with Crippen LogP contribution >= 0.6 is 0 Å². The van der Waals surface area contributed by atoms with E-state index in [1.54, 1.807) is 0 Å². The van der Waals surface area contributed by atoms with E-state index in [4.69, 9.17) is 0 Å². The predicted octanol–water partition coefficient (Wildman–Crippen LogP) is 3.45. The predicted molar refractivity (Wildman–Crippen MR) is 85.4 cm³/mol. The van der Waals surface area contributed by atoms with Crippen LogP contribution in [-0.2, 0) is 0 Å². The third-order valence-electron chi connectivity index (χ3n) is 4.42. The van der Waals surface area contributed by atoms with Crippen LogP contribution in [-0.4, -0.2) is 24.3 Å². The van der Waals surface area contributed by atoms with Crippen molar-refractivity contribution in [2.45, 2.75) is 31.7 Å². The lowest BCUT2D eigenvalue weighted by molar-refractivity contribution is 0.255. The summed E-state index contributed by atoms with van der Waals surface area (Å²) in [6, 6.07) is 14.5. The Labute approximate surface area is 125 Å². The van der Waals surface area contributed by atoms with Gasteiger partial charge in [0.05, 0.1) is 24.3 Å². The zero-order chi connectivity index (χ0) is 14.7. The average Bonchev–Trinajstić information content (AvgIpc) is 2.79. The number of hydrogen-bond donors (Lipinski definition) is 1. The Hall–Kier alpha value is -2.05. The second kappa shape index (κ2) is 6.15. The van der Waals surface area contributed by atoms with E-state index in [9.17, 15) is 10.4 Å². The second-order valence-electron chi connectivity index (χ2n) is 5.67. The number of rotatable bonds is 2. The minimum absolute atomic E-state index is 0.184. The van der Waals surface area contributed by atoms with Gasteiger partial charge in [0.1, 0.15) is 0 Å². The molecule has 3 rings (SSSR count). The molecule has 1 fully saturated rings. The molecule has 0 aromatic heterocycles. The first kappa shape index (κ1) is 13.9. The van der Waals surface area contributed by atoms with Crippen LogP contribution in [0, 0.1) is 11.3 Å². The van der Waals surface area contributed by atoms with Crippen LogP contribution < -0.4 is 4.90 Å². The van der Waals surface area contributed by atoms with Crippen molar-refractivity contribution in [3.05, 3.63) is 42.0 Å². The van der Waals surface area contributed by atoms with Crippen LogP contribution in [0.2, 0.25) is 0 Å². The van der Waals surface area contributed by atoms with E-state index >= 15 is 0 Å². The molecular weight excluding hydrogens is 260 g/mol. The molecule has 0 radical (unpaired) electrons. The lowest BCUT2D eigenvalue weighted by Gasteiger charge is -2.32. The van der Waals surface area contributed by atoms with Crippen molar-refractivity contribution in [1.82, 2.24) is 0 Å². The van der Waals surface area contributed by atoms with Gasteiger partial charge in [-0.25, -0.2) is 0 Å². The number of anilines is 1. The second-order valence-corrected chi connectivity index (χ2v) is 5.67. The van der Waals surface area contributed by atoms with Gasteiger partial charge >= 0.3 is 0 Å². The summed E-state index contributed by atoms with van der Waals surface area (Å²) in [4.78, 5) is 2.33. The summed E-state index contributed by atoms with van der Waals surface area (Å²) >= 11 is 0. The Morgan fingerprint density at radius 2 is 1.90 bits per heavy atom. The summed E-state index contributed by atoms with van der Waals surface area (Å²) < 4.78 is 0. The summed E-state index contributed by atoms with van der Waals surface area (Å²) in [5.41, 5.74) is 1.86. The molecule has 0 bridgehead atoms. The normalized spacial score (nSPS) is 19.2. The number of aliphatic hydroxyl groups excluding tert-OH is 1. The fraction of sp³-hybridized carbons (Fsp3) is 0.389. The van der Waals surface area contributed by atoms with Gasteiger partial charge in [0.25, 0.3) is 0 Å². The Morgan fingerprint density at radius 1 is 1.10 bits per heavy atom. The molecule has 1 aliphatic heterocycles. The first-order chi connectivity index (χ1) is 10.3. The number of fused-ring (bicyclic) bond motifs is 1. The van der Waals surface area contributed by atoms with Gasteiger partial charge in [-0.15, -0.1) is 0 Å². The Balaban J connectivity index is 2.13. The molecule has 3 heteroatoms. The Morgan fingerprint density at radius 3 is 2.67 bits per heavy atom. The van der Waals surface area contributed by atoms with Gasteiger partial charge in [-0.05, 0) is 25.0 Å². The van der Waals surface area contributed by atoms with Gasteiger partial charge in [0.15, 0.2) is 0 Å². The summed E-state index contributed by atoms with van der Waals surface area (Å²) in [7, 11) is 0. The summed E-state index contributed by atoms with van der Waals surface area (Å²) in [6.45, 7) is 1.16. The maximum atomic E-state index is 9.73. The molecule has 0 saturated carbocycles. The topological polar surface area (TPSA) is 47.3 Å². The minimum Gasteiger partial charge on any atom is -0.394 e. The SMILES string of the molecule is N#Cc1ccc(N2CCCCCC2CO)c2ccccc12. The van der Waals surface area contributed by atoms with Crippen molar-refractivity contribution in [2.24, 2.45) is 0 Å². The van der Waals surface area contributed by atoms with E-state index in [0.29, 0.717) is 5.56 Å². The quantitative estimate of drug-likeness (QED) is 0.916. The zero-order valence-corrected chi connectivity index (χ0v) is 12.1. The van der Waals surface area contributed by atoms with Crippen LogP contribution in [0.1, 0.15) is 31.2 Å². The van der Waals surface area contributed by atoms with Crippen LogP contribution in [0.3, 0.4) is 0 Å². The third-order valence-corrected chi connectivity index (χ3v) is 4.42. The number of aliphatic hydroxyl groups is 1. The maximum Gasteiger partial charge on any atom is 0.0998 e. The molecule has 1 N–H and O–H groups in total. The van der Waals surface area contributed by atoms with Crippen molar-refractivity contribution in [2.75, 3.05) is 18.1 Å². The Bertz CT molecular complexity index is 674.